The second-order valence-corrected chi connectivity index (χ2v) is 15.0. The molecule has 0 spiro atoms. The number of carbonyl (C=O) groups is 3. The maximum Gasteiger partial charge on any atom is 0.300 e. The van der Waals surface area contributed by atoms with Crippen molar-refractivity contribution in [1.29, 1.82) is 0 Å². The third-order valence-corrected chi connectivity index (χ3v) is 10.7. The maximum absolute atomic E-state index is 12.9. The highest BCUT2D eigenvalue weighted by Crippen LogP contribution is 2.29. The maximum atomic E-state index is 12.9. The average molecular weight is 929 g/mol. The first-order chi connectivity index (χ1) is 30.9. The summed E-state index contributed by atoms with van der Waals surface area (Å²) in [6.45, 7) is 7.12. The van der Waals surface area contributed by atoms with Gasteiger partial charge in [0.05, 0.1) is 39.4 Å². The van der Waals surface area contributed by atoms with Crippen molar-refractivity contribution in [3.63, 3.8) is 0 Å². The number of amides is 2. The molecule has 2 aliphatic heterocycles. The second-order valence-electron chi connectivity index (χ2n) is 15.0. The summed E-state index contributed by atoms with van der Waals surface area (Å²) in [6, 6.07) is 34.3. The lowest BCUT2D eigenvalue weighted by Gasteiger charge is -2.18. The molecule has 4 heterocycles. The Bertz CT molecular complexity index is 2550. The predicted octanol–water partition coefficient (Wildman–Crippen LogP) is 7.34. The lowest BCUT2D eigenvalue weighted by atomic mass is 9.98. The Morgan fingerprint density at radius 1 is 0.606 bits per heavy atom. The number of fused-ring (bicyclic) bond motifs is 2. The van der Waals surface area contributed by atoms with Gasteiger partial charge in [0.1, 0.15) is 22.9 Å². The van der Waals surface area contributed by atoms with E-state index >= 15 is 0 Å². The highest BCUT2D eigenvalue weighted by molar-refractivity contribution is 7.59. The van der Waals surface area contributed by atoms with Crippen molar-refractivity contribution in [3.05, 3.63) is 166 Å². The first kappa shape index (κ1) is 51.8. The summed E-state index contributed by atoms with van der Waals surface area (Å²) in [7, 11) is 3.22. The highest BCUT2D eigenvalue weighted by Gasteiger charge is 2.20. The molecule has 0 aliphatic carbocycles. The predicted molar refractivity (Wildman–Crippen MR) is 270 cm³/mol. The molecule has 2 aromatic heterocycles. The number of aliphatic imine (C=N–C) groups is 2. The molecule has 0 unspecified atom stereocenters. The van der Waals surface area contributed by atoms with Crippen LogP contribution < -0.4 is 31.6 Å². The van der Waals surface area contributed by atoms with Gasteiger partial charge in [0.25, 0.3) is 17.8 Å². The normalized spacial score (nSPS) is 12.5. The first-order valence-electron chi connectivity index (χ1n) is 20.6. The Labute approximate surface area is 398 Å². The minimum atomic E-state index is -0.833. The van der Waals surface area contributed by atoms with Crippen LogP contribution in [0.5, 0.6) is 11.5 Å². The Morgan fingerprint density at radius 3 is 1.35 bits per heavy atom. The van der Waals surface area contributed by atoms with Crippen LogP contribution in [0, 0.1) is 0 Å². The van der Waals surface area contributed by atoms with E-state index in [4.69, 9.17) is 30.8 Å². The number of rotatable bonds is 12. The van der Waals surface area contributed by atoms with E-state index in [1.165, 1.54) is 11.1 Å². The molecule has 0 saturated heterocycles. The molecule has 344 valence electrons. The lowest BCUT2D eigenvalue weighted by molar-refractivity contribution is -0.134. The van der Waals surface area contributed by atoms with Crippen molar-refractivity contribution >= 4 is 56.2 Å². The zero-order valence-electron chi connectivity index (χ0n) is 37.5. The van der Waals surface area contributed by atoms with Gasteiger partial charge < -0.3 is 36.7 Å². The number of carboxylic acid groups (broad SMARTS) is 1. The molecule has 2 atom stereocenters. The third kappa shape index (κ3) is 13.1. The van der Waals surface area contributed by atoms with Crippen LogP contribution in [0.15, 0.2) is 132 Å². The number of aliphatic carboxylic acids is 1. The Kier molecular flexibility index (Phi) is 19.2. The number of pyridine rings is 2. The summed E-state index contributed by atoms with van der Waals surface area (Å²) < 4.78 is 10.5. The molecule has 7 N–H and O–H groups in total. The number of methoxy groups -OCH3 is 2. The number of hydrogen-bond acceptors (Lipinski definition) is 11. The molecule has 4 aromatic carbocycles. The van der Waals surface area contributed by atoms with Crippen molar-refractivity contribution < 1.29 is 29.0 Å². The molecule has 0 bridgehead atoms. The van der Waals surface area contributed by atoms with Gasteiger partial charge in [0, 0.05) is 55.0 Å². The zero-order chi connectivity index (χ0) is 45.8. The smallest absolute Gasteiger partial charge is 0.300 e. The molecule has 8 rings (SSSR count). The van der Waals surface area contributed by atoms with Crippen molar-refractivity contribution in [3.8, 4) is 33.8 Å². The van der Waals surface area contributed by atoms with Crippen LogP contribution >= 0.6 is 27.0 Å². The van der Waals surface area contributed by atoms with Gasteiger partial charge in [-0.05, 0) is 119 Å². The molecule has 14 nitrogen and oxygen atoms in total. The molecule has 66 heavy (non-hydrogen) atoms. The van der Waals surface area contributed by atoms with E-state index in [9.17, 15) is 9.59 Å². The van der Waals surface area contributed by atoms with Crippen LogP contribution in [0.4, 0.5) is 0 Å². The molecule has 0 fully saturated rings. The first-order valence-corrected chi connectivity index (χ1v) is 20.6. The minimum Gasteiger partial charge on any atom is -0.497 e. The Balaban J connectivity index is 0.000000260. The zero-order valence-corrected chi connectivity index (χ0v) is 39.5. The van der Waals surface area contributed by atoms with Gasteiger partial charge in [0.15, 0.2) is 0 Å². The Hall–Kier alpha value is -6.85. The van der Waals surface area contributed by atoms with E-state index in [-0.39, 0.29) is 64.0 Å². The number of nitrogens with zero attached hydrogens (tertiary/aromatic N) is 4. The van der Waals surface area contributed by atoms with Crippen molar-refractivity contribution in [2.45, 2.75) is 45.9 Å². The van der Waals surface area contributed by atoms with Gasteiger partial charge in [0.2, 0.25) is 0 Å². The quantitative estimate of drug-likeness (QED) is 0.0823. The lowest BCUT2D eigenvalue weighted by Crippen LogP contribution is -2.33. The topological polar surface area (TPSA) is 216 Å². The summed E-state index contributed by atoms with van der Waals surface area (Å²) in [5.74, 6) is 0.0644. The fourth-order valence-electron chi connectivity index (χ4n) is 7.25. The molecule has 16 heteroatoms. The molecule has 6 aromatic rings. The van der Waals surface area contributed by atoms with Crippen molar-refractivity contribution in [2.24, 2.45) is 21.5 Å². The number of nitrogens with one attached hydrogen (secondary N) is 2. The highest BCUT2D eigenvalue weighted by atomic mass is 32.1. The van der Waals surface area contributed by atoms with E-state index < -0.39 is 5.97 Å². The minimum absolute atomic E-state index is 0. The fraction of sp³-hybridized carbons (Fsp3) is 0.220. The van der Waals surface area contributed by atoms with Gasteiger partial charge in [-0.15, -0.1) is 0 Å². The summed E-state index contributed by atoms with van der Waals surface area (Å²) in [5.41, 5.74) is 25.1. The monoisotopic (exact) mass is 928 g/mol. The van der Waals surface area contributed by atoms with Crippen LogP contribution in [0.1, 0.15) is 87.2 Å². The molecule has 0 saturated carbocycles. The largest absolute Gasteiger partial charge is 0.497 e. The van der Waals surface area contributed by atoms with Crippen molar-refractivity contribution in [1.82, 2.24) is 20.6 Å². The van der Waals surface area contributed by atoms with Gasteiger partial charge in [-0.3, -0.25) is 34.3 Å². The van der Waals surface area contributed by atoms with Gasteiger partial charge in [-0.25, -0.2) is 0 Å². The van der Waals surface area contributed by atoms with Gasteiger partial charge >= 0.3 is 0 Å². The number of aromatic nitrogens is 2. The van der Waals surface area contributed by atoms with Crippen LogP contribution in [-0.2, 0) is 17.9 Å². The number of nitrogens with two attached hydrogens (primary N) is 2. The second kappa shape index (κ2) is 24.4. The molecular formula is C50H56N8O6S2. The van der Waals surface area contributed by atoms with E-state index in [2.05, 4.69) is 67.0 Å². The van der Waals surface area contributed by atoms with Gasteiger partial charge in [-0.2, -0.15) is 27.0 Å². The number of benzene rings is 4. The number of carboxylic acids is 1. The van der Waals surface area contributed by atoms with Crippen LogP contribution in [0.25, 0.3) is 22.3 Å². The van der Waals surface area contributed by atoms with Crippen LogP contribution in [0.3, 0.4) is 0 Å². The third-order valence-electron chi connectivity index (χ3n) is 10.7. The van der Waals surface area contributed by atoms with Crippen LogP contribution in [-0.4, -0.2) is 71.6 Å². The number of hydrogen-bond donors (Lipinski definition) is 5. The average Bonchev–Trinajstić information content (AvgIpc) is 3.90. The van der Waals surface area contributed by atoms with Crippen LogP contribution in [0.2, 0.25) is 0 Å². The standard InChI is InChI=1S/2C24H24N4O2.C2H4O2.2H2S/c2*1-15-21-11-16(6-7-19(21)14-27-15)17-8-9-26-22(12-17)24(29)28-23(13-25)18-4-3-5-20(10-18)30-2;1-2(3)4;;/h2*3-12,23H,13-14,25H2,1-2H3,(H,28,29);1H3,(H,3,4);2*1H2/t2*23-;;;/m11.../s1. The summed E-state index contributed by atoms with van der Waals surface area (Å²) in [4.78, 5) is 52.3. The van der Waals surface area contributed by atoms with E-state index in [1.807, 2.05) is 74.5 Å². The molecule has 2 aliphatic rings. The van der Waals surface area contributed by atoms with Crippen molar-refractivity contribution in [2.75, 3.05) is 27.3 Å². The van der Waals surface area contributed by atoms with E-state index in [1.54, 1.807) is 38.7 Å². The molecule has 2 amide bonds. The number of carbonyl (C=O) groups excluding carboxylic acids is 2. The molecular weight excluding hydrogens is 873 g/mol. The molecule has 0 radical (unpaired) electrons. The van der Waals surface area contributed by atoms with Gasteiger partial charge in [-0.1, -0.05) is 48.5 Å². The fourth-order valence-corrected chi connectivity index (χ4v) is 7.25. The summed E-state index contributed by atoms with van der Waals surface area (Å²) in [6.07, 6.45) is 3.31. The Morgan fingerprint density at radius 2 is 0.985 bits per heavy atom. The summed E-state index contributed by atoms with van der Waals surface area (Å²) in [5, 5.41) is 13.4. The SMILES string of the molecule is CC(=O)O.COc1cccc([C@@H](CN)NC(=O)c2cc(-c3ccc4c(c3)C(C)=NC4)ccn2)c1.COc1cccc([C@@H](CN)NC(=O)c2cc(-c3ccc4c(c3)C(C)=NC4)ccn2)c1.S.S. The summed E-state index contributed by atoms with van der Waals surface area (Å²) >= 11 is 0. The van der Waals surface area contributed by atoms with E-state index in [0.29, 0.717) is 11.4 Å². The number of ether oxygens (including phenoxy) is 2. The van der Waals surface area contributed by atoms with E-state index in [0.717, 1.165) is 87.4 Å².